The van der Waals surface area contributed by atoms with E-state index >= 15 is 0 Å². The maximum atomic E-state index is 9.75. The van der Waals surface area contributed by atoms with Gasteiger partial charge < -0.3 is 19.7 Å². The van der Waals surface area contributed by atoms with Crippen molar-refractivity contribution in [2.24, 2.45) is 0 Å². The second kappa shape index (κ2) is 4.14. The highest BCUT2D eigenvalue weighted by molar-refractivity contribution is 5.49. The van der Waals surface area contributed by atoms with Crippen LogP contribution in [0.4, 0.5) is 0 Å². The van der Waals surface area contributed by atoms with E-state index in [1.807, 2.05) is 18.2 Å². The molecule has 2 aromatic carbocycles. The van der Waals surface area contributed by atoms with Crippen molar-refractivity contribution in [1.82, 2.24) is 0 Å². The van der Waals surface area contributed by atoms with E-state index in [2.05, 4.69) is 0 Å². The second-order valence-corrected chi connectivity index (χ2v) is 4.15. The molecule has 2 aromatic rings. The van der Waals surface area contributed by atoms with Gasteiger partial charge in [0.1, 0.15) is 0 Å². The Kier molecular flexibility index (Phi) is 2.48. The Bertz CT molecular complexity index is 592. The molecule has 4 nitrogen and oxygen atoms in total. The number of para-hydroxylation sites is 1. The van der Waals surface area contributed by atoms with Gasteiger partial charge in [0.25, 0.3) is 0 Å². The van der Waals surface area contributed by atoms with Gasteiger partial charge in [-0.3, -0.25) is 0 Å². The smallest absolute Gasteiger partial charge is 0.231 e. The minimum Gasteiger partial charge on any atom is -0.504 e. The summed E-state index contributed by atoms with van der Waals surface area (Å²) in [7, 11) is 0. The molecule has 0 saturated heterocycles. The Morgan fingerprint density at radius 1 is 1.00 bits per heavy atom. The van der Waals surface area contributed by atoms with Crippen molar-refractivity contribution < 1.29 is 19.7 Å². The van der Waals surface area contributed by atoms with Gasteiger partial charge in [-0.1, -0.05) is 18.2 Å². The van der Waals surface area contributed by atoms with E-state index in [0.29, 0.717) is 17.7 Å². The third-order valence-electron chi connectivity index (χ3n) is 2.93. The summed E-state index contributed by atoms with van der Waals surface area (Å²) in [5, 5.41) is 19.2. The highest BCUT2D eigenvalue weighted by Crippen LogP contribution is 2.35. The molecule has 0 unspecified atom stereocenters. The molecule has 18 heavy (non-hydrogen) atoms. The summed E-state index contributed by atoms with van der Waals surface area (Å²) in [6.45, 7) is 0.246. The molecule has 1 aliphatic rings. The predicted octanol–water partition coefficient (Wildman–Crippen LogP) is 2.42. The molecule has 0 saturated carbocycles. The van der Waals surface area contributed by atoms with E-state index in [9.17, 15) is 10.2 Å². The average molecular weight is 244 g/mol. The summed E-state index contributed by atoms with van der Waals surface area (Å²) in [6.07, 6.45) is 0.525. The van der Waals surface area contributed by atoms with Gasteiger partial charge in [0, 0.05) is 12.0 Å². The molecule has 0 atom stereocenters. The van der Waals surface area contributed by atoms with Crippen molar-refractivity contribution in [3.05, 3.63) is 47.5 Å². The van der Waals surface area contributed by atoms with Crippen LogP contribution in [0.15, 0.2) is 36.4 Å². The first kappa shape index (κ1) is 10.8. The Labute approximate surface area is 104 Å². The number of phenols is 2. The van der Waals surface area contributed by atoms with Crippen LogP contribution < -0.4 is 9.47 Å². The van der Waals surface area contributed by atoms with Crippen LogP contribution in [0.25, 0.3) is 0 Å². The highest BCUT2D eigenvalue weighted by atomic mass is 16.7. The topological polar surface area (TPSA) is 58.9 Å². The summed E-state index contributed by atoms with van der Waals surface area (Å²) < 4.78 is 10.5. The van der Waals surface area contributed by atoms with Crippen LogP contribution in [0.1, 0.15) is 11.1 Å². The molecular formula is C14H12O4. The van der Waals surface area contributed by atoms with Crippen LogP contribution in [-0.4, -0.2) is 17.0 Å². The average Bonchev–Trinajstić information content (AvgIpc) is 2.82. The number of phenolic OH excluding ortho intramolecular Hbond substituents is 2. The molecule has 3 rings (SSSR count). The van der Waals surface area contributed by atoms with E-state index in [0.717, 1.165) is 11.3 Å². The monoisotopic (exact) mass is 244 g/mol. The largest absolute Gasteiger partial charge is 0.504 e. The summed E-state index contributed by atoms with van der Waals surface area (Å²) in [5.41, 5.74) is 1.66. The molecule has 0 radical (unpaired) electrons. The van der Waals surface area contributed by atoms with Crippen LogP contribution in [-0.2, 0) is 6.42 Å². The van der Waals surface area contributed by atoms with Gasteiger partial charge in [-0.2, -0.15) is 0 Å². The van der Waals surface area contributed by atoms with E-state index in [1.54, 1.807) is 12.1 Å². The molecule has 92 valence electrons. The number of fused-ring (bicyclic) bond motifs is 1. The van der Waals surface area contributed by atoms with Crippen molar-refractivity contribution in [3.8, 4) is 23.0 Å². The lowest BCUT2D eigenvalue weighted by Crippen LogP contribution is -1.93. The Morgan fingerprint density at radius 3 is 2.72 bits per heavy atom. The van der Waals surface area contributed by atoms with E-state index < -0.39 is 0 Å². The number of aromatic hydroxyl groups is 2. The third kappa shape index (κ3) is 1.82. The normalized spacial score (nSPS) is 12.7. The SMILES string of the molecule is Oc1cccc(Cc2ccc3c(c2)OCO3)c1O. The molecule has 4 heteroatoms. The predicted molar refractivity (Wildman–Crippen MR) is 65.1 cm³/mol. The molecule has 0 spiro atoms. The van der Waals surface area contributed by atoms with Crippen LogP contribution in [0, 0.1) is 0 Å². The van der Waals surface area contributed by atoms with Crippen LogP contribution >= 0.6 is 0 Å². The summed E-state index contributed by atoms with van der Waals surface area (Å²) >= 11 is 0. The Balaban J connectivity index is 1.90. The molecular weight excluding hydrogens is 232 g/mol. The third-order valence-corrected chi connectivity index (χ3v) is 2.93. The van der Waals surface area contributed by atoms with Crippen molar-refractivity contribution in [2.75, 3.05) is 6.79 Å². The summed E-state index contributed by atoms with van der Waals surface area (Å²) in [6, 6.07) is 10.6. The number of hydrogen-bond acceptors (Lipinski definition) is 4. The van der Waals surface area contributed by atoms with Gasteiger partial charge in [-0.05, 0) is 23.8 Å². The number of hydrogen-bond donors (Lipinski definition) is 2. The maximum absolute atomic E-state index is 9.75. The molecule has 1 aliphatic heterocycles. The summed E-state index contributed by atoms with van der Waals surface area (Å²) in [5.74, 6) is 1.27. The van der Waals surface area contributed by atoms with E-state index in [1.165, 1.54) is 6.07 Å². The zero-order valence-corrected chi connectivity index (χ0v) is 9.59. The van der Waals surface area contributed by atoms with E-state index in [4.69, 9.17) is 9.47 Å². The standard InChI is InChI=1S/C14H12O4/c15-11-3-1-2-10(14(11)16)6-9-4-5-12-13(7-9)18-8-17-12/h1-5,7,15-16H,6,8H2. The highest BCUT2D eigenvalue weighted by Gasteiger charge is 2.14. The molecule has 0 aromatic heterocycles. The van der Waals surface area contributed by atoms with Gasteiger partial charge in [0.15, 0.2) is 23.0 Å². The maximum Gasteiger partial charge on any atom is 0.231 e. The quantitative estimate of drug-likeness (QED) is 0.796. The first-order valence-corrected chi connectivity index (χ1v) is 5.62. The van der Waals surface area contributed by atoms with E-state index in [-0.39, 0.29) is 18.3 Å². The van der Waals surface area contributed by atoms with Crippen molar-refractivity contribution in [1.29, 1.82) is 0 Å². The lowest BCUT2D eigenvalue weighted by Gasteiger charge is -2.07. The molecule has 0 aliphatic carbocycles. The van der Waals surface area contributed by atoms with Crippen molar-refractivity contribution in [3.63, 3.8) is 0 Å². The lowest BCUT2D eigenvalue weighted by atomic mass is 10.0. The molecule has 0 amide bonds. The zero-order valence-electron chi connectivity index (χ0n) is 9.59. The lowest BCUT2D eigenvalue weighted by molar-refractivity contribution is 0.174. The first-order chi connectivity index (χ1) is 8.74. The number of benzene rings is 2. The molecule has 0 bridgehead atoms. The first-order valence-electron chi connectivity index (χ1n) is 5.62. The summed E-state index contributed by atoms with van der Waals surface area (Å²) in [4.78, 5) is 0. The van der Waals surface area contributed by atoms with Gasteiger partial charge in [-0.15, -0.1) is 0 Å². The van der Waals surface area contributed by atoms with Crippen molar-refractivity contribution >= 4 is 0 Å². The second-order valence-electron chi connectivity index (χ2n) is 4.15. The van der Waals surface area contributed by atoms with Gasteiger partial charge in [0.05, 0.1) is 0 Å². The minimum atomic E-state index is -0.103. The minimum absolute atomic E-state index is 0.0739. The van der Waals surface area contributed by atoms with Gasteiger partial charge in [-0.25, -0.2) is 0 Å². The number of ether oxygens (including phenoxy) is 2. The Hall–Kier alpha value is -2.36. The van der Waals surface area contributed by atoms with Gasteiger partial charge in [0.2, 0.25) is 6.79 Å². The van der Waals surface area contributed by atoms with Crippen LogP contribution in [0.3, 0.4) is 0 Å². The van der Waals surface area contributed by atoms with Crippen molar-refractivity contribution in [2.45, 2.75) is 6.42 Å². The molecule has 2 N–H and O–H groups in total. The van der Waals surface area contributed by atoms with Gasteiger partial charge >= 0.3 is 0 Å². The van der Waals surface area contributed by atoms with Crippen LogP contribution in [0.2, 0.25) is 0 Å². The molecule has 0 fully saturated rings. The zero-order chi connectivity index (χ0) is 12.5. The fraction of sp³-hybridized carbons (Fsp3) is 0.143. The van der Waals surface area contributed by atoms with Crippen LogP contribution in [0.5, 0.6) is 23.0 Å². The fourth-order valence-electron chi connectivity index (χ4n) is 1.99. The number of rotatable bonds is 2. The molecule has 1 heterocycles. The Morgan fingerprint density at radius 2 is 1.83 bits per heavy atom. The fourth-order valence-corrected chi connectivity index (χ4v) is 1.99.